The molecule has 114 valence electrons. The molecule has 0 aromatic heterocycles. The van der Waals surface area contributed by atoms with Crippen LogP contribution in [-0.2, 0) is 0 Å². The number of aryl methyl sites for hydroxylation is 2. The molecule has 1 aliphatic carbocycles. The average Bonchev–Trinajstić information content (AvgIpc) is 2.48. The standard InChI is InChI=1S/C17H24N2OS/c1-11-8-9-14(10-12(11)2)17(20)19-15(16(18)21)13-6-4-3-5-7-13/h8-10,13,15H,3-7H2,1-2H3,(H2,18,21)(H,19,20). The first-order valence-electron chi connectivity index (χ1n) is 7.66. The quantitative estimate of drug-likeness (QED) is 0.839. The summed E-state index contributed by atoms with van der Waals surface area (Å²) in [5, 5.41) is 3.04. The van der Waals surface area contributed by atoms with Crippen molar-refractivity contribution in [3.63, 3.8) is 0 Å². The van der Waals surface area contributed by atoms with Crippen molar-refractivity contribution >= 4 is 23.1 Å². The molecule has 1 aromatic carbocycles. The smallest absolute Gasteiger partial charge is 0.251 e. The summed E-state index contributed by atoms with van der Waals surface area (Å²) in [6, 6.07) is 5.56. The molecule has 0 radical (unpaired) electrons. The van der Waals surface area contributed by atoms with E-state index in [4.69, 9.17) is 18.0 Å². The van der Waals surface area contributed by atoms with Gasteiger partial charge in [-0.05, 0) is 55.9 Å². The molecule has 1 amide bonds. The van der Waals surface area contributed by atoms with Gasteiger partial charge < -0.3 is 11.1 Å². The van der Waals surface area contributed by atoms with Crippen LogP contribution in [0, 0.1) is 19.8 Å². The van der Waals surface area contributed by atoms with Crippen LogP contribution in [0.2, 0.25) is 0 Å². The van der Waals surface area contributed by atoms with Crippen molar-refractivity contribution < 1.29 is 4.79 Å². The minimum atomic E-state index is -0.186. The summed E-state index contributed by atoms with van der Waals surface area (Å²) in [6.45, 7) is 4.05. The molecule has 0 spiro atoms. The number of nitrogens with one attached hydrogen (secondary N) is 1. The zero-order valence-electron chi connectivity index (χ0n) is 12.8. The maximum absolute atomic E-state index is 12.4. The molecule has 0 heterocycles. The third kappa shape index (κ3) is 4.03. The SMILES string of the molecule is Cc1ccc(C(=O)NC(C(N)=S)C2CCCCC2)cc1C. The van der Waals surface area contributed by atoms with Crippen LogP contribution >= 0.6 is 12.2 Å². The molecule has 1 aliphatic rings. The Morgan fingerprint density at radius 2 is 1.90 bits per heavy atom. The minimum Gasteiger partial charge on any atom is -0.392 e. The summed E-state index contributed by atoms with van der Waals surface area (Å²) in [5.74, 6) is 0.299. The van der Waals surface area contributed by atoms with Crippen LogP contribution in [0.3, 0.4) is 0 Å². The van der Waals surface area contributed by atoms with Crippen LogP contribution in [0.25, 0.3) is 0 Å². The molecule has 1 aromatic rings. The molecule has 0 aliphatic heterocycles. The van der Waals surface area contributed by atoms with Crippen molar-refractivity contribution in [3.8, 4) is 0 Å². The van der Waals surface area contributed by atoms with Gasteiger partial charge in [-0.1, -0.05) is 37.5 Å². The Morgan fingerprint density at radius 1 is 1.24 bits per heavy atom. The van der Waals surface area contributed by atoms with Crippen molar-refractivity contribution in [2.45, 2.75) is 52.0 Å². The summed E-state index contributed by atoms with van der Waals surface area (Å²) < 4.78 is 0. The molecule has 21 heavy (non-hydrogen) atoms. The summed E-state index contributed by atoms with van der Waals surface area (Å²) in [7, 11) is 0. The van der Waals surface area contributed by atoms with Crippen LogP contribution < -0.4 is 11.1 Å². The first-order valence-corrected chi connectivity index (χ1v) is 8.07. The zero-order valence-corrected chi connectivity index (χ0v) is 13.6. The first-order chi connectivity index (χ1) is 9.99. The maximum Gasteiger partial charge on any atom is 0.251 e. The highest BCUT2D eigenvalue weighted by Crippen LogP contribution is 2.27. The fourth-order valence-electron chi connectivity index (χ4n) is 3.00. The van der Waals surface area contributed by atoms with Gasteiger partial charge in [0.25, 0.3) is 5.91 Å². The van der Waals surface area contributed by atoms with Gasteiger partial charge in [-0.3, -0.25) is 4.79 Å². The number of carbonyl (C=O) groups is 1. The van der Waals surface area contributed by atoms with E-state index in [-0.39, 0.29) is 11.9 Å². The molecular weight excluding hydrogens is 280 g/mol. The fraction of sp³-hybridized carbons (Fsp3) is 0.529. The van der Waals surface area contributed by atoms with Crippen LogP contribution in [0.1, 0.15) is 53.6 Å². The summed E-state index contributed by atoms with van der Waals surface area (Å²) in [4.78, 5) is 12.8. The highest BCUT2D eigenvalue weighted by molar-refractivity contribution is 7.80. The van der Waals surface area contributed by atoms with E-state index in [1.807, 2.05) is 32.0 Å². The van der Waals surface area contributed by atoms with E-state index in [1.54, 1.807) is 0 Å². The Morgan fingerprint density at radius 3 is 2.48 bits per heavy atom. The third-order valence-electron chi connectivity index (χ3n) is 4.48. The Balaban J connectivity index is 2.10. The van der Waals surface area contributed by atoms with Crippen molar-refractivity contribution in [3.05, 3.63) is 34.9 Å². The second-order valence-corrected chi connectivity index (χ2v) is 6.52. The van der Waals surface area contributed by atoms with Crippen molar-refractivity contribution in [1.82, 2.24) is 5.32 Å². The number of amides is 1. The largest absolute Gasteiger partial charge is 0.392 e. The molecular formula is C17H24N2OS. The lowest BCUT2D eigenvalue weighted by atomic mass is 9.83. The van der Waals surface area contributed by atoms with Crippen LogP contribution in [0.5, 0.6) is 0 Å². The molecule has 1 fully saturated rings. The van der Waals surface area contributed by atoms with E-state index in [0.29, 0.717) is 16.5 Å². The second kappa shape index (κ2) is 7.03. The summed E-state index contributed by atoms with van der Waals surface area (Å²) >= 11 is 5.18. The lowest BCUT2D eigenvalue weighted by molar-refractivity contribution is 0.0932. The predicted octanol–water partition coefficient (Wildman–Crippen LogP) is 3.27. The Kier molecular flexibility index (Phi) is 5.34. The summed E-state index contributed by atoms with van der Waals surface area (Å²) in [6.07, 6.45) is 5.85. The Labute approximate surface area is 132 Å². The number of nitrogens with two attached hydrogens (primary N) is 1. The molecule has 4 heteroatoms. The van der Waals surface area contributed by atoms with Crippen LogP contribution in [0.15, 0.2) is 18.2 Å². The number of carbonyl (C=O) groups excluding carboxylic acids is 1. The Hall–Kier alpha value is -1.42. The zero-order chi connectivity index (χ0) is 15.4. The van der Waals surface area contributed by atoms with Gasteiger partial charge in [0, 0.05) is 5.56 Å². The highest BCUT2D eigenvalue weighted by atomic mass is 32.1. The lowest BCUT2D eigenvalue weighted by Gasteiger charge is -2.30. The van der Waals surface area contributed by atoms with E-state index in [1.165, 1.54) is 24.8 Å². The number of hydrogen-bond donors (Lipinski definition) is 2. The minimum absolute atomic E-state index is 0.0820. The predicted molar refractivity (Wildman–Crippen MR) is 90.5 cm³/mol. The fourth-order valence-corrected chi connectivity index (χ4v) is 3.25. The van der Waals surface area contributed by atoms with Gasteiger partial charge in [0.2, 0.25) is 0 Å². The van der Waals surface area contributed by atoms with Gasteiger partial charge in [-0.2, -0.15) is 0 Å². The number of thiocarbonyl (C=S) groups is 1. The van der Waals surface area contributed by atoms with Gasteiger partial charge in [-0.15, -0.1) is 0 Å². The van der Waals surface area contributed by atoms with Crippen molar-refractivity contribution in [1.29, 1.82) is 0 Å². The van der Waals surface area contributed by atoms with Gasteiger partial charge in [0.1, 0.15) is 0 Å². The molecule has 0 saturated heterocycles. The topological polar surface area (TPSA) is 55.1 Å². The summed E-state index contributed by atoms with van der Waals surface area (Å²) in [5.41, 5.74) is 8.84. The molecule has 0 bridgehead atoms. The lowest BCUT2D eigenvalue weighted by Crippen LogP contribution is -2.48. The Bertz CT molecular complexity index is 536. The third-order valence-corrected chi connectivity index (χ3v) is 4.74. The van der Waals surface area contributed by atoms with Gasteiger partial charge in [0.05, 0.1) is 11.0 Å². The number of hydrogen-bond acceptors (Lipinski definition) is 2. The molecule has 3 nitrogen and oxygen atoms in total. The van der Waals surface area contributed by atoms with Gasteiger partial charge >= 0.3 is 0 Å². The average molecular weight is 304 g/mol. The van der Waals surface area contributed by atoms with E-state index >= 15 is 0 Å². The van der Waals surface area contributed by atoms with Crippen LogP contribution in [0.4, 0.5) is 0 Å². The number of rotatable bonds is 4. The van der Waals surface area contributed by atoms with E-state index < -0.39 is 0 Å². The monoisotopic (exact) mass is 304 g/mol. The molecule has 1 saturated carbocycles. The van der Waals surface area contributed by atoms with Gasteiger partial charge in [0.15, 0.2) is 0 Å². The molecule has 3 N–H and O–H groups in total. The van der Waals surface area contributed by atoms with Crippen molar-refractivity contribution in [2.75, 3.05) is 0 Å². The number of benzene rings is 1. The molecule has 1 atom stereocenters. The van der Waals surface area contributed by atoms with E-state index in [2.05, 4.69) is 5.32 Å². The van der Waals surface area contributed by atoms with Crippen LogP contribution in [-0.4, -0.2) is 16.9 Å². The molecule has 2 rings (SSSR count). The van der Waals surface area contributed by atoms with Gasteiger partial charge in [-0.25, -0.2) is 0 Å². The van der Waals surface area contributed by atoms with E-state index in [0.717, 1.165) is 18.4 Å². The van der Waals surface area contributed by atoms with Crippen molar-refractivity contribution in [2.24, 2.45) is 11.7 Å². The van der Waals surface area contributed by atoms with E-state index in [9.17, 15) is 4.79 Å². The maximum atomic E-state index is 12.4. The highest BCUT2D eigenvalue weighted by Gasteiger charge is 2.27. The second-order valence-electron chi connectivity index (χ2n) is 6.05. The normalized spacial score (nSPS) is 17.2. The first kappa shape index (κ1) is 16.0. The molecule has 1 unspecified atom stereocenters.